The van der Waals surface area contributed by atoms with Crippen molar-refractivity contribution in [2.75, 3.05) is 26.7 Å². The van der Waals surface area contributed by atoms with E-state index in [1.807, 2.05) is 66.7 Å². The van der Waals surface area contributed by atoms with Crippen LogP contribution in [0.3, 0.4) is 0 Å². The maximum atomic E-state index is 13.9. The molecule has 4 aromatic carbocycles. The zero-order valence-corrected chi connectivity index (χ0v) is 25.0. The first-order chi connectivity index (χ1) is 20.9. The number of hydrogen-bond acceptors (Lipinski definition) is 6. The van der Waals surface area contributed by atoms with Gasteiger partial charge >= 0.3 is 12.1 Å². The van der Waals surface area contributed by atoms with E-state index in [1.165, 1.54) is 0 Å². The van der Waals surface area contributed by atoms with Gasteiger partial charge in [-0.05, 0) is 34.4 Å². The zero-order valence-electron chi connectivity index (χ0n) is 24.2. The number of likely N-dealkylation sites (tertiary alicyclic amines) is 1. The highest BCUT2D eigenvalue weighted by molar-refractivity contribution is 8.01. The van der Waals surface area contributed by atoms with E-state index in [2.05, 4.69) is 36.4 Å². The fourth-order valence-electron chi connectivity index (χ4n) is 6.17. The van der Waals surface area contributed by atoms with Gasteiger partial charge in [0, 0.05) is 13.0 Å². The number of thioether (sulfide) groups is 1. The van der Waals surface area contributed by atoms with Gasteiger partial charge in [0.05, 0.1) is 17.1 Å². The number of nitrogens with two attached hydrogens (primary N) is 1. The molecule has 8 heteroatoms. The number of carboxylic acid groups (broad SMARTS) is 1. The topological polar surface area (TPSA) is 98.8 Å². The molecular weight excluding hydrogens is 560 g/mol. The number of carbonyl (C=O) groups excluding carboxylic acids is 1. The summed E-state index contributed by atoms with van der Waals surface area (Å²) in [5, 5.41) is 9.92. The number of amides is 1. The van der Waals surface area contributed by atoms with Crippen LogP contribution in [0.2, 0.25) is 0 Å². The van der Waals surface area contributed by atoms with Crippen molar-refractivity contribution < 1.29 is 28.7 Å². The third kappa shape index (κ3) is 6.32. The van der Waals surface area contributed by atoms with E-state index in [0.29, 0.717) is 12.2 Å². The summed E-state index contributed by atoms with van der Waals surface area (Å²) in [4.78, 5) is 26.1. The molecule has 0 saturated carbocycles. The van der Waals surface area contributed by atoms with E-state index in [0.717, 1.165) is 22.3 Å². The average Bonchev–Trinajstić information content (AvgIpc) is 3.41. The molecule has 1 amide bonds. The van der Waals surface area contributed by atoms with Crippen LogP contribution in [0.5, 0.6) is 5.75 Å². The number of carbonyl (C=O) groups is 2. The van der Waals surface area contributed by atoms with Crippen LogP contribution in [0, 0.1) is 0 Å². The fourth-order valence-corrected chi connectivity index (χ4v) is 8.14. The van der Waals surface area contributed by atoms with Crippen molar-refractivity contribution in [1.82, 2.24) is 0 Å². The molecule has 0 spiro atoms. The lowest BCUT2D eigenvalue weighted by Gasteiger charge is -2.37. The van der Waals surface area contributed by atoms with Crippen LogP contribution in [0.1, 0.15) is 28.7 Å². The Morgan fingerprint density at radius 1 is 0.860 bits per heavy atom. The number of ether oxygens (including phenoxy) is 2. The van der Waals surface area contributed by atoms with Crippen molar-refractivity contribution in [1.29, 1.82) is 0 Å². The first-order valence-electron chi connectivity index (χ1n) is 14.3. The lowest BCUT2D eigenvalue weighted by molar-refractivity contribution is -0.861. The maximum Gasteiger partial charge on any atom is 0.517 e. The second-order valence-corrected chi connectivity index (χ2v) is 12.3. The van der Waals surface area contributed by atoms with Gasteiger partial charge in [0.1, 0.15) is 24.9 Å². The van der Waals surface area contributed by atoms with Crippen LogP contribution in [-0.4, -0.2) is 59.7 Å². The number of nitrogens with zero attached hydrogens (tertiary/aromatic N) is 1. The van der Waals surface area contributed by atoms with E-state index in [1.54, 1.807) is 31.0 Å². The predicted molar refractivity (Wildman–Crippen MR) is 169 cm³/mol. The van der Waals surface area contributed by atoms with Gasteiger partial charge in [-0.2, -0.15) is 4.79 Å². The summed E-state index contributed by atoms with van der Waals surface area (Å²) in [5.74, 6) is -0.364. The summed E-state index contributed by atoms with van der Waals surface area (Å²) in [6.45, 7) is 0.0838. The Labute approximate surface area is 256 Å². The van der Waals surface area contributed by atoms with Gasteiger partial charge in [0.15, 0.2) is 6.54 Å². The number of methoxy groups -OCH3 is 1. The third-order valence-electron chi connectivity index (χ3n) is 8.22. The summed E-state index contributed by atoms with van der Waals surface area (Å²) in [7, 11) is 1.59. The molecule has 0 aromatic heterocycles. The monoisotopic (exact) mass is 597 g/mol. The van der Waals surface area contributed by atoms with Gasteiger partial charge in [-0.1, -0.05) is 103 Å². The molecular formula is C35H37N2O5S+. The van der Waals surface area contributed by atoms with E-state index < -0.39 is 29.4 Å². The van der Waals surface area contributed by atoms with E-state index in [9.17, 15) is 14.7 Å². The third-order valence-corrected chi connectivity index (χ3v) is 9.96. The Kier molecular flexibility index (Phi) is 9.50. The second kappa shape index (κ2) is 13.5. The molecule has 1 fully saturated rings. The normalized spacial score (nSPS) is 20.0. The molecule has 1 unspecified atom stereocenters. The van der Waals surface area contributed by atoms with Crippen molar-refractivity contribution in [2.45, 2.75) is 29.1 Å². The number of hydrogen-bond donors (Lipinski definition) is 2. The smallest absolute Gasteiger partial charge is 0.497 e. The lowest BCUT2D eigenvalue weighted by Crippen LogP contribution is -2.61. The molecule has 43 heavy (non-hydrogen) atoms. The highest BCUT2D eigenvalue weighted by Crippen LogP contribution is 2.53. The molecule has 1 saturated heterocycles. The van der Waals surface area contributed by atoms with Crippen LogP contribution in [-0.2, 0) is 20.9 Å². The van der Waals surface area contributed by atoms with Crippen LogP contribution in [0.15, 0.2) is 115 Å². The Hall–Kier alpha value is -4.11. The van der Waals surface area contributed by atoms with Crippen molar-refractivity contribution in [3.05, 3.63) is 138 Å². The quantitative estimate of drug-likeness (QED) is 0.160. The summed E-state index contributed by atoms with van der Waals surface area (Å²) < 4.78 is 10.1. The number of benzene rings is 4. The minimum atomic E-state index is -1.06. The Morgan fingerprint density at radius 3 is 1.81 bits per heavy atom. The summed E-state index contributed by atoms with van der Waals surface area (Å²) in [5.41, 5.74) is 10.4. The van der Waals surface area contributed by atoms with Gasteiger partial charge in [0.2, 0.25) is 0 Å². The molecule has 1 aliphatic rings. The molecule has 3 atom stereocenters. The summed E-state index contributed by atoms with van der Waals surface area (Å²) in [6.07, 6.45) is 0.00172. The molecule has 0 aliphatic carbocycles. The van der Waals surface area contributed by atoms with Gasteiger partial charge < -0.3 is 20.3 Å². The van der Waals surface area contributed by atoms with Crippen molar-refractivity contribution >= 4 is 23.8 Å². The van der Waals surface area contributed by atoms with Crippen molar-refractivity contribution in [2.24, 2.45) is 5.73 Å². The predicted octanol–water partition coefficient (Wildman–Crippen LogP) is 6.06. The standard InChI is InChI=1S/C35H36N2O5S/c1-41-31-19-17-26(18-20-31)25-42-34(40)37(24-33(38)39)23-32(21-30(37)22-36)43-35(27-11-5-2-6-12-27,28-13-7-3-8-14-28)29-15-9-4-10-16-29/h2-20,30,32H,21-25,36H2,1H3/p+1/t30-,32-,37?/m0/s1. The van der Waals surface area contributed by atoms with Crippen molar-refractivity contribution in [3.63, 3.8) is 0 Å². The minimum Gasteiger partial charge on any atom is -0.497 e. The van der Waals surface area contributed by atoms with Crippen LogP contribution in [0.4, 0.5) is 4.79 Å². The highest BCUT2D eigenvalue weighted by atomic mass is 32.2. The Balaban J connectivity index is 1.52. The molecule has 0 bridgehead atoms. The summed E-state index contributed by atoms with van der Waals surface area (Å²) >= 11 is 1.76. The van der Waals surface area contributed by atoms with Crippen LogP contribution >= 0.6 is 11.8 Å². The highest BCUT2D eigenvalue weighted by Gasteiger charge is 2.56. The molecule has 1 aliphatic heterocycles. The van der Waals surface area contributed by atoms with Gasteiger partial charge in [-0.25, -0.2) is 9.28 Å². The zero-order chi connectivity index (χ0) is 30.3. The lowest BCUT2D eigenvalue weighted by atomic mass is 9.84. The van der Waals surface area contributed by atoms with Crippen LogP contribution in [0.25, 0.3) is 0 Å². The van der Waals surface area contributed by atoms with Gasteiger partial charge in [-0.3, -0.25) is 0 Å². The van der Waals surface area contributed by atoms with Crippen molar-refractivity contribution in [3.8, 4) is 5.75 Å². The molecule has 222 valence electrons. The fraction of sp³-hybridized carbons (Fsp3) is 0.257. The molecule has 0 radical (unpaired) electrons. The SMILES string of the molecule is COc1ccc(COC(=O)[N+]2(CC(=O)O)C[C@@H](SC(c3ccccc3)(c3ccccc3)c3ccccc3)C[C@H]2CN)cc1. The Morgan fingerprint density at radius 2 is 1.37 bits per heavy atom. The number of quaternary nitrogens is 1. The molecule has 1 heterocycles. The minimum absolute atomic E-state index is 0.0273. The summed E-state index contributed by atoms with van der Waals surface area (Å²) in [6, 6.07) is 37.8. The van der Waals surface area contributed by atoms with E-state index in [-0.39, 0.29) is 29.4 Å². The molecule has 7 nitrogen and oxygen atoms in total. The molecule has 4 aromatic rings. The number of rotatable bonds is 11. The maximum absolute atomic E-state index is 13.9. The second-order valence-electron chi connectivity index (χ2n) is 10.8. The molecule has 5 rings (SSSR count). The van der Waals surface area contributed by atoms with Gasteiger partial charge in [0.25, 0.3) is 0 Å². The van der Waals surface area contributed by atoms with E-state index >= 15 is 0 Å². The number of aliphatic carboxylic acids is 1. The first kappa shape index (κ1) is 30.4. The first-order valence-corrected chi connectivity index (χ1v) is 15.2. The number of carboxylic acids is 1. The average molecular weight is 598 g/mol. The largest absolute Gasteiger partial charge is 0.517 e. The Bertz CT molecular complexity index is 1410. The van der Waals surface area contributed by atoms with Crippen LogP contribution < -0.4 is 10.5 Å². The van der Waals surface area contributed by atoms with Gasteiger partial charge in [-0.15, -0.1) is 11.8 Å². The van der Waals surface area contributed by atoms with E-state index in [4.69, 9.17) is 15.2 Å². The molecule has 3 N–H and O–H groups in total.